The first-order chi connectivity index (χ1) is 11.1. The molecule has 0 amide bonds. The number of hydrogen-bond donors (Lipinski definition) is 0. The minimum Gasteiger partial charge on any atom is -0.466 e. The summed E-state index contributed by atoms with van der Waals surface area (Å²) >= 11 is 0. The van der Waals surface area contributed by atoms with E-state index in [0.717, 1.165) is 35.7 Å². The van der Waals surface area contributed by atoms with E-state index in [2.05, 4.69) is 11.2 Å². The molecule has 1 atom stereocenters. The number of esters is 1. The maximum absolute atomic E-state index is 14.4. The van der Waals surface area contributed by atoms with Gasteiger partial charge in [-0.15, -0.1) is 0 Å². The summed E-state index contributed by atoms with van der Waals surface area (Å²) in [6.45, 7) is 2.23. The Morgan fingerprint density at radius 3 is 3.00 bits per heavy atom. The van der Waals surface area contributed by atoms with Gasteiger partial charge in [-0.3, -0.25) is 9.48 Å². The molecule has 1 aromatic heterocycles. The number of halogens is 1. The molecule has 0 bridgehead atoms. The van der Waals surface area contributed by atoms with Crippen LogP contribution in [0.4, 0.5) is 4.39 Å². The Labute approximate surface area is 134 Å². The lowest BCUT2D eigenvalue weighted by Gasteiger charge is -2.22. The number of aromatic nitrogens is 2. The van der Waals surface area contributed by atoms with Crippen molar-refractivity contribution < 1.29 is 13.9 Å². The summed E-state index contributed by atoms with van der Waals surface area (Å²) < 4.78 is 21.1. The minimum absolute atomic E-state index is 0.144. The van der Waals surface area contributed by atoms with Crippen molar-refractivity contribution in [2.75, 3.05) is 6.61 Å². The highest BCUT2D eigenvalue weighted by atomic mass is 19.1. The molecule has 1 aliphatic rings. The van der Waals surface area contributed by atoms with Crippen LogP contribution in [0.5, 0.6) is 0 Å². The van der Waals surface area contributed by atoms with Crippen LogP contribution in [0.2, 0.25) is 0 Å². The molecule has 1 aromatic carbocycles. The Morgan fingerprint density at radius 1 is 1.48 bits per heavy atom. The SMILES string of the molecule is CCOC(=O)CC1CC=C(c2c(F)ccc3c2cnn3C)CC1. The summed E-state index contributed by atoms with van der Waals surface area (Å²) in [6.07, 6.45) is 6.66. The zero-order chi connectivity index (χ0) is 16.4. The Kier molecular flexibility index (Phi) is 4.46. The van der Waals surface area contributed by atoms with Crippen molar-refractivity contribution in [3.05, 3.63) is 35.8 Å². The highest BCUT2D eigenvalue weighted by Gasteiger charge is 2.22. The Morgan fingerprint density at radius 2 is 2.30 bits per heavy atom. The molecule has 0 spiro atoms. The number of aryl methyl sites for hydroxylation is 1. The van der Waals surface area contributed by atoms with Gasteiger partial charge >= 0.3 is 5.97 Å². The zero-order valence-electron chi connectivity index (χ0n) is 13.5. The molecule has 1 heterocycles. The Bertz CT molecular complexity index is 764. The van der Waals surface area contributed by atoms with Gasteiger partial charge in [0.25, 0.3) is 0 Å². The molecule has 4 nitrogen and oxygen atoms in total. The summed E-state index contributed by atoms with van der Waals surface area (Å²) in [5.74, 6) is -0.0653. The van der Waals surface area contributed by atoms with Crippen LogP contribution < -0.4 is 0 Å². The number of benzene rings is 1. The lowest BCUT2D eigenvalue weighted by molar-refractivity contribution is -0.144. The second-order valence-electron chi connectivity index (χ2n) is 6.00. The average Bonchev–Trinajstić information content (AvgIpc) is 2.90. The normalized spacial score (nSPS) is 18.0. The van der Waals surface area contributed by atoms with E-state index in [1.165, 1.54) is 6.07 Å². The van der Waals surface area contributed by atoms with Crippen molar-refractivity contribution in [1.29, 1.82) is 0 Å². The van der Waals surface area contributed by atoms with Crippen LogP contribution in [0.1, 0.15) is 38.2 Å². The Hall–Kier alpha value is -2.17. The van der Waals surface area contributed by atoms with Gasteiger partial charge in [0.1, 0.15) is 5.82 Å². The van der Waals surface area contributed by atoms with Gasteiger partial charge in [0.2, 0.25) is 0 Å². The maximum atomic E-state index is 14.4. The van der Waals surface area contributed by atoms with E-state index in [4.69, 9.17) is 4.74 Å². The number of carbonyl (C=O) groups is 1. The molecule has 0 aliphatic heterocycles. The molecule has 0 fully saturated rings. The molecular weight excluding hydrogens is 295 g/mol. The van der Waals surface area contributed by atoms with E-state index >= 15 is 0 Å². The summed E-state index contributed by atoms with van der Waals surface area (Å²) in [5.41, 5.74) is 2.60. The summed E-state index contributed by atoms with van der Waals surface area (Å²) in [5, 5.41) is 5.08. The molecule has 0 saturated heterocycles. The fourth-order valence-electron chi connectivity index (χ4n) is 3.28. The maximum Gasteiger partial charge on any atom is 0.306 e. The second kappa shape index (κ2) is 6.52. The van der Waals surface area contributed by atoms with Crippen molar-refractivity contribution in [2.24, 2.45) is 13.0 Å². The first kappa shape index (κ1) is 15.7. The van der Waals surface area contributed by atoms with E-state index in [1.54, 1.807) is 16.9 Å². The molecule has 1 unspecified atom stereocenters. The van der Waals surface area contributed by atoms with Gasteiger partial charge in [0, 0.05) is 24.4 Å². The number of fused-ring (bicyclic) bond motifs is 1. The minimum atomic E-state index is -0.208. The quantitative estimate of drug-likeness (QED) is 0.805. The fraction of sp³-hybridized carbons (Fsp3) is 0.444. The summed E-state index contributed by atoms with van der Waals surface area (Å²) in [7, 11) is 1.86. The standard InChI is InChI=1S/C18H21FN2O2/c1-3-23-17(22)10-12-4-6-13(7-5-12)18-14-11-20-21(2)16(14)9-8-15(18)19/h6,8-9,11-12H,3-5,7,10H2,1-2H3. The van der Waals surface area contributed by atoms with E-state index < -0.39 is 0 Å². The van der Waals surface area contributed by atoms with E-state index in [1.807, 2.05) is 14.0 Å². The number of nitrogens with zero attached hydrogens (tertiary/aromatic N) is 2. The number of allylic oxidation sites excluding steroid dienone is 2. The smallest absolute Gasteiger partial charge is 0.306 e. The van der Waals surface area contributed by atoms with Crippen molar-refractivity contribution in [2.45, 2.75) is 32.6 Å². The third kappa shape index (κ3) is 3.14. The first-order valence-corrected chi connectivity index (χ1v) is 8.05. The Balaban J connectivity index is 1.83. The molecule has 5 heteroatoms. The first-order valence-electron chi connectivity index (χ1n) is 8.05. The number of rotatable bonds is 4. The highest BCUT2D eigenvalue weighted by Crippen LogP contribution is 2.36. The molecule has 0 N–H and O–H groups in total. The predicted molar refractivity (Wildman–Crippen MR) is 87.2 cm³/mol. The molecule has 122 valence electrons. The number of hydrogen-bond acceptors (Lipinski definition) is 3. The van der Waals surface area contributed by atoms with Gasteiger partial charge < -0.3 is 4.74 Å². The van der Waals surface area contributed by atoms with Crippen molar-refractivity contribution in [1.82, 2.24) is 9.78 Å². The van der Waals surface area contributed by atoms with Crippen molar-refractivity contribution in [3.8, 4) is 0 Å². The molecule has 0 radical (unpaired) electrons. The molecule has 2 aromatic rings. The van der Waals surface area contributed by atoms with E-state index in [-0.39, 0.29) is 17.7 Å². The van der Waals surface area contributed by atoms with Gasteiger partial charge in [0.15, 0.2) is 0 Å². The van der Waals surface area contributed by atoms with Gasteiger partial charge in [-0.05, 0) is 49.8 Å². The monoisotopic (exact) mass is 316 g/mol. The van der Waals surface area contributed by atoms with Gasteiger partial charge in [-0.1, -0.05) is 6.08 Å². The number of ether oxygens (including phenoxy) is 1. The summed E-state index contributed by atoms with van der Waals surface area (Å²) in [4.78, 5) is 11.6. The van der Waals surface area contributed by atoms with Crippen LogP contribution in [-0.2, 0) is 16.6 Å². The average molecular weight is 316 g/mol. The number of carbonyl (C=O) groups excluding carboxylic acids is 1. The van der Waals surface area contributed by atoms with E-state index in [9.17, 15) is 9.18 Å². The van der Waals surface area contributed by atoms with Gasteiger partial charge in [-0.2, -0.15) is 5.10 Å². The fourth-order valence-corrected chi connectivity index (χ4v) is 3.28. The van der Waals surface area contributed by atoms with Gasteiger partial charge in [-0.25, -0.2) is 4.39 Å². The highest BCUT2D eigenvalue weighted by molar-refractivity contribution is 5.92. The lowest BCUT2D eigenvalue weighted by atomic mass is 9.84. The third-order valence-corrected chi connectivity index (χ3v) is 4.48. The molecule has 3 rings (SSSR count). The topological polar surface area (TPSA) is 44.1 Å². The van der Waals surface area contributed by atoms with Crippen LogP contribution in [0.15, 0.2) is 24.4 Å². The largest absolute Gasteiger partial charge is 0.466 e. The van der Waals surface area contributed by atoms with Crippen LogP contribution in [0, 0.1) is 11.7 Å². The molecule has 1 aliphatic carbocycles. The van der Waals surface area contributed by atoms with Crippen LogP contribution in [0.3, 0.4) is 0 Å². The zero-order valence-corrected chi connectivity index (χ0v) is 13.5. The van der Waals surface area contributed by atoms with Crippen LogP contribution >= 0.6 is 0 Å². The molecule has 0 saturated carbocycles. The van der Waals surface area contributed by atoms with Gasteiger partial charge in [0.05, 0.1) is 18.3 Å². The van der Waals surface area contributed by atoms with Crippen molar-refractivity contribution in [3.63, 3.8) is 0 Å². The molecular formula is C18H21FN2O2. The second-order valence-corrected chi connectivity index (χ2v) is 6.00. The third-order valence-electron chi connectivity index (χ3n) is 4.48. The van der Waals surface area contributed by atoms with Crippen LogP contribution in [-0.4, -0.2) is 22.4 Å². The molecule has 23 heavy (non-hydrogen) atoms. The van der Waals surface area contributed by atoms with E-state index in [0.29, 0.717) is 18.6 Å². The predicted octanol–water partition coefficient (Wildman–Crippen LogP) is 3.85. The lowest BCUT2D eigenvalue weighted by Crippen LogP contribution is -2.14. The van der Waals surface area contributed by atoms with Crippen LogP contribution in [0.25, 0.3) is 16.5 Å². The summed E-state index contributed by atoms with van der Waals surface area (Å²) in [6, 6.07) is 3.26. The van der Waals surface area contributed by atoms with Crippen molar-refractivity contribution >= 4 is 22.4 Å².